The first-order valence-corrected chi connectivity index (χ1v) is 9.54. The van der Waals surface area contributed by atoms with Crippen LogP contribution < -0.4 is 14.4 Å². The predicted octanol–water partition coefficient (Wildman–Crippen LogP) is 3.30. The molecule has 1 heterocycles. The molecule has 2 aromatic rings. The van der Waals surface area contributed by atoms with Crippen molar-refractivity contribution in [2.75, 3.05) is 51.3 Å². The van der Waals surface area contributed by atoms with E-state index in [1.54, 1.807) is 7.11 Å². The monoisotopic (exact) mass is 406 g/mol. The molecule has 1 fully saturated rings. The van der Waals surface area contributed by atoms with Crippen molar-refractivity contribution in [3.05, 3.63) is 53.6 Å². The van der Waals surface area contributed by atoms with Crippen LogP contribution in [0.1, 0.15) is 11.1 Å². The maximum atomic E-state index is 10.3. The molecule has 1 unspecified atom stereocenters. The first-order chi connectivity index (χ1) is 13.0. The number of ether oxygens (including phenoxy) is 2. The van der Waals surface area contributed by atoms with Crippen molar-refractivity contribution in [1.29, 1.82) is 0 Å². The van der Waals surface area contributed by atoms with E-state index in [-0.39, 0.29) is 12.4 Å². The maximum Gasteiger partial charge on any atom is 0.119 e. The Kier molecular flexibility index (Phi) is 8.42. The van der Waals surface area contributed by atoms with E-state index in [1.807, 2.05) is 24.3 Å². The summed E-state index contributed by atoms with van der Waals surface area (Å²) in [5, 5.41) is 10.3. The van der Waals surface area contributed by atoms with E-state index in [4.69, 9.17) is 9.47 Å². The number of aryl methyl sites for hydroxylation is 2. The smallest absolute Gasteiger partial charge is 0.119 e. The average Bonchev–Trinajstić information content (AvgIpc) is 2.69. The van der Waals surface area contributed by atoms with Crippen molar-refractivity contribution in [2.45, 2.75) is 20.0 Å². The molecule has 1 aliphatic heterocycles. The van der Waals surface area contributed by atoms with Gasteiger partial charge in [0.1, 0.15) is 24.2 Å². The molecule has 0 amide bonds. The summed E-state index contributed by atoms with van der Waals surface area (Å²) < 4.78 is 11.0. The number of hydrogen-bond donors (Lipinski definition) is 1. The summed E-state index contributed by atoms with van der Waals surface area (Å²) in [5.41, 5.74) is 3.67. The SMILES string of the molecule is COc1ccc(N2CCN(CC(O)COc3ccc(C)c(C)c3)CC2)cc1.Cl. The quantitative estimate of drug-likeness (QED) is 0.764. The van der Waals surface area contributed by atoms with Crippen LogP contribution in [0.25, 0.3) is 0 Å². The van der Waals surface area contributed by atoms with Crippen LogP contribution in [0, 0.1) is 13.8 Å². The lowest BCUT2D eigenvalue weighted by atomic mass is 10.1. The zero-order valence-electron chi connectivity index (χ0n) is 16.9. The second-order valence-electron chi connectivity index (χ2n) is 7.20. The van der Waals surface area contributed by atoms with Gasteiger partial charge in [-0.25, -0.2) is 0 Å². The minimum Gasteiger partial charge on any atom is -0.497 e. The summed E-state index contributed by atoms with van der Waals surface area (Å²) in [4.78, 5) is 4.67. The number of benzene rings is 2. The molecule has 0 bridgehead atoms. The fourth-order valence-electron chi connectivity index (χ4n) is 3.33. The van der Waals surface area contributed by atoms with Crippen molar-refractivity contribution in [3.8, 4) is 11.5 Å². The van der Waals surface area contributed by atoms with E-state index in [1.165, 1.54) is 16.8 Å². The highest BCUT2D eigenvalue weighted by Crippen LogP contribution is 2.21. The van der Waals surface area contributed by atoms with Crippen LogP contribution in [0.3, 0.4) is 0 Å². The van der Waals surface area contributed by atoms with E-state index in [9.17, 15) is 5.11 Å². The molecule has 0 radical (unpaired) electrons. The van der Waals surface area contributed by atoms with Gasteiger partial charge in [-0.2, -0.15) is 0 Å². The normalized spacial score (nSPS) is 15.6. The van der Waals surface area contributed by atoms with Gasteiger partial charge in [-0.3, -0.25) is 4.90 Å². The van der Waals surface area contributed by atoms with Crippen LogP contribution in [-0.2, 0) is 0 Å². The highest BCUT2D eigenvalue weighted by Gasteiger charge is 2.20. The summed E-state index contributed by atoms with van der Waals surface area (Å²) in [7, 11) is 1.68. The number of aliphatic hydroxyl groups excluding tert-OH is 1. The Labute approximate surface area is 174 Å². The van der Waals surface area contributed by atoms with Gasteiger partial charge >= 0.3 is 0 Å². The minimum absolute atomic E-state index is 0. The molecular formula is C22H31ClN2O3. The highest BCUT2D eigenvalue weighted by molar-refractivity contribution is 5.85. The topological polar surface area (TPSA) is 45.2 Å². The summed E-state index contributed by atoms with van der Waals surface area (Å²) >= 11 is 0. The van der Waals surface area contributed by atoms with Gasteiger partial charge in [-0.1, -0.05) is 6.07 Å². The van der Waals surface area contributed by atoms with Crippen molar-refractivity contribution >= 4 is 18.1 Å². The third-order valence-electron chi connectivity index (χ3n) is 5.20. The largest absolute Gasteiger partial charge is 0.497 e. The molecule has 6 heteroatoms. The first kappa shape index (κ1) is 22.3. The van der Waals surface area contributed by atoms with Gasteiger partial charge in [0.05, 0.1) is 7.11 Å². The van der Waals surface area contributed by atoms with Gasteiger partial charge in [0.2, 0.25) is 0 Å². The zero-order valence-corrected chi connectivity index (χ0v) is 17.7. The molecule has 154 valence electrons. The predicted molar refractivity (Wildman–Crippen MR) is 116 cm³/mol. The second-order valence-corrected chi connectivity index (χ2v) is 7.20. The third-order valence-corrected chi connectivity index (χ3v) is 5.20. The number of anilines is 1. The van der Waals surface area contributed by atoms with Gasteiger partial charge in [0.25, 0.3) is 0 Å². The molecule has 5 nitrogen and oxygen atoms in total. The fraction of sp³-hybridized carbons (Fsp3) is 0.455. The molecule has 1 aliphatic rings. The van der Waals surface area contributed by atoms with Crippen molar-refractivity contribution < 1.29 is 14.6 Å². The van der Waals surface area contributed by atoms with Crippen LogP contribution in [0.4, 0.5) is 5.69 Å². The molecule has 1 saturated heterocycles. The van der Waals surface area contributed by atoms with E-state index in [0.717, 1.165) is 37.7 Å². The van der Waals surface area contributed by atoms with E-state index in [0.29, 0.717) is 13.2 Å². The van der Waals surface area contributed by atoms with Gasteiger partial charge in [-0.05, 0) is 61.4 Å². The van der Waals surface area contributed by atoms with E-state index < -0.39 is 6.10 Å². The number of aliphatic hydroxyl groups is 1. The van der Waals surface area contributed by atoms with Crippen molar-refractivity contribution in [3.63, 3.8) is 0 Å². The van der Waals surface area contributed by atoms with Gasteiger partial charge in [0.15, 0.2) is 0 Å². The summed E-state index contributed by atoms with van der Waals surface area (Å²) in [6.07, 6.45) is -0.487. The number of rotatable bonds is 7. The molecular weight excluding hydrogens is 376 g/mol. The molecule has 1 N–H and O–H groups in total. The zero-order chi connectivity index (χ0) is 19.2. The molecule has 28 heavy (non-hydrogen) atoms. The summed E-state index contributed by atoms with van der Waals surface area (Å²) in [5.74, 6) is 1.70. The van der Waals surface area contributed by atoms with E-state index >= 15 is 0 Å². The Balaban J connectivity index is 0.00000280. The molecule has 0 saturated carbocycles. The standard InChI is InChI=1S/C22H30N2O3.ClH/c1-17-4-7-22(14-18(17)2)27-16-20(25)15-23-10-12-24(13-11-23)19-5-8-21(26-3)9-6-19;/h4-9,14,20,25H,10-13,15-16H2,1-3H3;1H. The minimum atomic E-state index is -0.487. The van der Waals surface area contributed by atoms with Crippen LogP contribution in [-0.4, -0.2) is 62.6 Å². The van der Waals surface area contributed by atoms with Crippen molar-refractivity contribution in [1.82, 2.24) is 4.90 Å². The first-order valence-electron chi connectivity index (χ1n) is 9.54. The van der Waals surface area contributed by atoms with Crippen molar-refractivity contribution in [2.24, 2.45) is 0 Å². The number of halogens is 1. The van der Waals surface area contributed by atoms with Crippen LogP contribution in [0.5, 0.6) is 11.5 Å². The lowest BCUT2D eigenvalue weighted by Crippen LogP contribution is -2.49. The lowest BCUT2D eigenvalue weighted by molar-refractivity contribution is 0.0663. The fourth-order valence-corrected chi connectivity index (χ4v) is 3.33. The average molecular weight is 407 g/mol. The Morgan fingerprint density at radius 2 is 1.57 bits per heavy atom. The number of nitrogens with zero attached hydrogens (tertiary/aromatic N) is 2. The molecule has 2 aromatic carbocycles. The number of β-amino-alcohol motifs (C(OH)–C–C–N with tert-alkyl or cyclic N) is 1. The van der Waals surface area contributed by atoms with E-state index in [2.05, 4.69) is 41.8 Å². The molecule has 0 aliphatic carbocycles. The van der Waals surface area contributed by atoms with Crippen LogP contribution >= 0.6 is 12.4 Å². The molecule has 0 spiro atoms. The Bertz CT molecular complexity index is 731. The Hall–Kier alpha value is -1.95. The maximum absolute atomic E-state index is 10.3. The molecule has 1 atom stereocenters. The number of hydrogen-bond acceptors (Lipinski definition) is 5. The summed E-state index contributed by atoms with van der Waals surface area (Å²) in [6, 6.07) is 14.2. The lowest BCUT2D eigenvalue weighted by Gasteiger charge is -2.36. The number of piperazine rings is 1. The highest BCUT2D eigenvalue weighted by atomic mass is 35.5. The summed E-state index contributed by atoms with van der Waals surface area (Å²) in [6.45, 7) is 8.90. The van der Waals surface area contributed by atoms with Gasteiger partial charge < -0.3 is 19.5 Å². The molecule has 0 aromatic heterocycles. The molecule has 3 rings (SSSR count). The third kappa shape index (κ3) is 6.03. The van der Waals surface area contributed by atoms with Gasteiger partial charge in [0, 0.05) is 38.4 Å². The van der Waals surface area contributed by atoms with Gasteiger partial charge in [-0.15, -0.1) is 12.4 Å². The van der Waals surface area contributed by atoms with Crippen LogP contribution in [0.15, 0.2) is 42.5 Å². The second kappa shape index (κ2) is 10.6. The Morgan fingerprint density at radius 1 is 0.929 bits per heavy atom. The Morgan fingerprint density at radius 3 is 2.18 bits per heavy atom. The number of methoxy groups -OCH3 is 1. The van der Waals surface area contributed by atoms with Crippen LogP contribution in [0.2, 0.25) is 0 Å².